The van der Waals surface area contributed by atoms with E-state index in [4.69, 9.17) is 0 Å². The number of anilines is 1. The Labute approximate surface area is 123 Å². The van der Waals surface area contributed by atoms with Gasteiger partial charge in [0.05, 0.1) is 17.6 Å². The number of aromatic nitrogens is 1. The summed E-state index contributed by atoms with van der Waals surface area (Å²) in [5.41, 5.74) is 2.33. The number of nitrogens with one attached hydrogen (secondary N) is 1. The minimum absolute atomic E-state index is 0.322. The van der Waals surface area contributed by atoms with E-state index in [9.17, 15) is 0 Å². The van der Waals surface area contributed by atoms with Crippen LogP contribution in [0.5, 0.6) is 0 Å². The lowest BCUT2D eigenvalue weighted by molar-refractivity contribution is 0.396. The molecule has 1 aliphatic rings. The second-order valence-electron chi connectivity index (χ2n) is 6.02. The molecule has 20 heavy (non-hydrogen) atoms. The fourth-order valence-electron chi connectivity index (χ4n) is 2.96. The van der Waals surface area contributed by atoms with E-state index in [0.717, 1.165) is 24.7 Å². The molecule has 1 saturated heterocycles. The summed E-state index contributed by atoms with van der Waals surface area (Å²) in [5.74, 6) is 0.783. The first kappa shape index (κ1) is 15.3. The standard InChI is InChI=1S/C16H28N4/c1-5-17-13(2)16-7-6-15(10-18-16)20(4)12-14-8-9-19(3)11-14/h6-7,10,13-14,17H,5,8-9,11-12H2,1-4H3. The molecule has 112 valence electrons. The van der Waals surface area contributed by atoms with Crippen molar-refractivity contribution >= 4 is 5.69 Å². The number of nitrogens with zero attached hydrogens (tertiary/aromatic N) is 3. The minimum Gasteiger partial charge on any atom is -0.373 e. The first-order chi connectivity index (χ1) is 9.60. The first-order valence-corrected chi connectivity index (χ1v) is 7.69. The van der Waals surface area contributed by atoms with Crippen molar-refractivity contribution in [2.75, 3.05) is 45.2 Å². The number of rotatable bonds is 6. The summed E-state index contributed by atoms with van der Waals surface area (Å²) >= 11 is 0. The molecule has 1 aromatic heterocycles. The van der Waals surface area contributed by atoms with Crippen LogP contribution in [-0.4, -0.2) is 50.2 Å². The molecule has 0 amide bonds. The van der Waals surface area contributed by atoms with E-state index >= 15 is 0 Å². The van der Waals surface area contributed by atoms with Gasteiger partial charge in [-0.3, -0.25) is 4.98 Å². The average molecular weight is 276 g/mol. The molecule has 0 spiro atoms. The van der Waals surface area contributed by atoms with Gasteiger partial charge in [0.1, 0.15) is 0 Å². The topological polar surface area (TPSA) is 31.4 Å². The molecule has 0 saturated carbocycles. The van der Waals surface area contributed by atoms with Crippen LogP contribution < -0.4 is 10.2 Å². The van der Waals surface area contributed by atoms with E-state index in [-0.39, 0.29) is 0 Å². The van der Waals surface area contributed by atoms with Gasteiger partial charge in [0, 0.05) is 26.2 Å². The monoisotopic (exact) mass is 276 g/mol. The summed E-state index contributed by atoms with van der Waals surface area (Å²) in [4.78, 5) is 9.34. The third-order valence-corrected chi connectivity index (χ3v) is 4.19. The molecule has 1 fully saturated rings. The Bertz CT molecular complexity index is 403. The van der Waals surface area contributed by atoms with Gasteiger partial charge in [-0.15, -0.1) is 0 Å². The van der Waals surface area contributed by atoms with E-state index in [0.29, 0.717) is 6.04 Å². The van der Waals surface area contributed by atoms with E-state index in [1.165, 1.54) is 25.2 Å². The SMILES string of the molecule is CCNC(C)c1ccc(N(C)CC2CCN(C)C2)cn1. The molecule has 0 aliphatic carbocycles. The van der Waals surface area contributed by atoms with Crippen LogP contribution in [0.3, 0.4) is 0 Å². The van der Waals surface area contributed by atoms with Crippen molar-refractivity contribution in [3.05, 3.63) is 24.0 Å². The van der Waals surface area contributed by atoms with Gasteiger partial charge in [0.25, 0.3) is 0 Å². The molecule has 2 heterocycles. The van der Waals surface area contributed by atoms with Gasteiger partial charge in [0.15, 0.2) is 0 Å². The van der Waals surface area contributed by atoms with E-state index in [1.807, 2.05) is 6.20 Å². The van der Waals surface area contributed by atoms with Crippen molar-refractivity contribution in [3.63, 3.8) is 0 Å². The maximum atomic E-state index is 4.59. The summed E-state index contributed by atoms with van der Waals surface area (Å²) in [6.45, 7) is 8.82. The van der Waals surface area contributed by atoms with Crippen LogP contribution in [0.25, 0.3) is 0 Å². The number of hydrogen-bond acceptors (Lipinski definition) is 4. The summed E-state index contributed by atoms with van der Waals surface area (Å²) in [5, 5.41) is 3.39. The predicted octanol–water partition coefficient (Wildman–Crippen LogP) is 2.14. The number of likely N-dealkylation sites (tertiary alicyclic amines) is 1. The highest BCUT2D eigenvalue weighted by Crippen LogP contribution is 2.20. The highest BCUT2D eigenvalue weighted by Gasteiger charge is 2.21. The van der Waals surface area contributed by atoms with Crippen LogP contribution in [0.1, 0.15) is 32.0 Å². The number of hydrogen-bond donors (Lipinski definition) is 1. The van der Waals surface area contributed by atoms with Gasteiger partial charge in [-0.25, -0.2) is 0 Å². The molecule has 4 nitrogen and oxygen atoms in total. The van der Waals surface area contributed by atoms with Crippen molar-refractivity contribution in [2.24, 2.45) is 5.92 Å². The molecule has 0 bridgehead atoms. The summed E-state index contributed by atoms with van der Waals surface area (Å²) < 4.78 is 0. The van der Waals surface area contributed by atoms with Gasteiger partial charge in [-0.05, 0) is 51.5 Å². The third-order valence-electron chi connectivity index (χ3n) is 4.19. The average Bonchev–Trinajstić information content (AvgIpc) is 2.84. The Kier molecular flexibility index (Phi) is 5.38. The van der Waals surface area contributed by atoms with Crippen LogP contribution in [0.2, 0.25) is 0 Å². The van der Waals surface area contributed by atoms with Gasteiger partial charge in [-0.1, -0.05) is 6.92 Å². The Hall–Kier alpha value is -1.13. The van der Waals surface area contributed by atoms with Crippen LogP contribution >= 0.6 is 0 Å². The van der Waals surface area contributed by atoms with E-state index in [1.54, 1.807) is 0 Å². The van der Waals surface area contributed by atoms with Gasteiger partial charge in [-0.2, -0.15) is 0 Å². The van der Waals surface area contributed by atoms with Crippen molar-refractivity contribution in [2.45, 2.75) is 26.3 Å². The largest absolute Gasteiger partial charge is 0.373 e. The Morgan fingerprint density at radius 3 is 2.85 bits per heavy atom. The maximum Gasteiger partial charge on any atom is 0.0572 e. The second-order valence-corrected chi connectivity index (χ2v) is 6.02. The second kappa shape index (κ2) is 7.04. The van der Waals surface area contributed by atoms with Crippen molar-refractivity contribution in [1.82, 2.24) is 15.2 Å². The van der Waals surface area contributed by atoms with Crippen LogP contribution in [0, 0.1) is 5.92 Å². The molecule has 4 heteroatoms. The zero-order chi connectivity index (χ0) is 14.5. The zero-order valence-corrected chi connectivity index (χ0v) is 13.3. The summed E-state index contributed by atoms with van der Waals surface area (Å²) in [6.07, 6.45) is 3.31. The minimum atomic E-state index is 0.322. The Morgan fingerprint density at radius 1 is 1.50 bits per heavy atom. The van der Waals surface area contributed by atoms with Gasteiger partial charge < -0.3 is 15.1 Å². The Balaban J connectivity index is 1.91. The van der Waals surface area contributed by atoms with Crippen molar-refractivity contribution in [1.29, 1.82) is 0 Å². The quantitative estimate of drug-likeness (QED) is 0.862. The van der Waals surface area contributed by atoms with Crippen LogP contribution in [-0.2, 0) is 0 Å². The molecular formula is C16H28N4. The molecule has 2 unspecified atom stereocenters. The molecule has 0 aromatic carbocycles. The fourth-order valence-corrected chi connectivity index (χ4v) is 2.96. The smallest absolute Gasteiger partial charge is 0.0572 e. The molecular weight excluding hydrogens is 248 g/mol. The molecule has 1 N–H and O–H groups in total. The number of pyridine rings is 1. The maximum absolute atomic E-state index is 4.59. The summed E-state index contributed by atoms with van der Waals surface area (Å²) in [7, 11) is 4.38. The predicted molar refractivity (Wildman–Crippen MR) is 85.2 cm³/mol. The van der Waals surface area contributed by atoms with Gasteiger partial charge >= 0.3 is 0 Å². The molecule has 0 radical (unpaired) electrons. The fraction of sp³-hybridized carbons (Fsp3) is 0.688. The first-order valence-electron chi connectivity index (χ1n) is 7.69. The highest BCUT2D eigenvalue weighted by atomic mass is 15.2. The normalized spacial score (nSPS) is 21.1. The van der Waals surface area contributed by atoms with Crippen molar-refractivity contribution in [3.8, 4) is 0 Å². The molecule has 1 aromatic rings. The van der Waals surface area contributed by atoms with Crippen molar-refractivity contribution < 1.29 is 0 Å². The lowest BCUT2D eigenvalue weighted by atomic mass is 10.1. The lowest BCUT2D eigenvalue weighted by Crippen LogP contribution is -2.27. The van der Waals surface area contributed by atoms with Crippen LogP contribution in [0.4, 0.5) is 5.69 Å². The molecule has 2 rings (SSSR count). The summed E-state index contributed by atoms with van der Waals surface area (Å²) in [6, 6.07) is 4.65. The van der Waals surface area contributed by atoms with E-state index < -0.39 is 0 Å². The molecule has 2 atom stereocenters. The Morgan fingerprint density at radius 2 is 2.30 bits per heavy atom. The lowest BCUT2D eigenvalue weighted by Gasteiger charge is -2.23. The molecule has 1 aliphatic heterocycles. The van der Waals surface area contributed by atoms with E-state index in [2.05, 4.69) is 60.2 Å². The zero-order valence-electron chi connectivity index (χ0n) is 13.3. The highest BCUT2D eigenvalue weighted by molar-refractivity contribution is 5.44. The van der Waals surface area contributed by atoms with Gasteiger partial charge in [0.2, 0.25) is 0 Å². The van der Waals surface area contributed by atoms with Crippen LogP contribution in [0.15, 0.2) is 18.3 Å². The third kappa shape index (κ3) is 3.93.